The number of aliphatic hydroxyl groups excluding tert-OH is 2. The molecule has 134 valence electrons. The van der Waals surface area contributed by atoms with Crippen molar-refractivity contribution in [2.45, 2.75) is 44.0 Å². The molecular formula is C13H21N5O6. The molecule has 1 aromatic heterocycles. The van der Waals surface area contributed by atoms with Gasteiger partial charge in [-0.2, -0.15) is 4.98 Å². The summed E-state index contributed by atoms with van der Waals surface area (Å²) in [6.07, 6.45) is -0.00513. The van der Waals surface area contributed by atoms with Crippen molar-refractivity contribution in [3.63, 3.8) is 0 Å². The van der Waals surface area contributed by atoms with Gasteiger partial charge in [-0.3, -0.25) is 0 Å². The zero-order valence-electron chi connectivity index (χ0n) is 13.1. The number of urea groups is 1. The summed E-state index contributed by atoms with van der Waals surface area (Å²) in [6, 6.07) is -3.35. The van der Waals surface area contributed by atoms with Crippen LogP contribution in [0.25, 0.3) is 0 Å². The first kappa shape index (κ1) is 18.1. The maximum Gasteiger partial charge on any atom is 0.328 e. The highest BCUT2D eigenvalue weighted by molar-refractivity contribution is 5.83. The predicted molar refractivity (Wildman–Crippen MR) is 78.6 cm³/mol. The van der Waals surface area contributed by atoms with Gasteiger partial charge < -0.3 is 35.8 Å². The van der Waals surface area contributed by atoms with E-state index in [4.69, 9.17) is 20.5 Å². The molecule has 0 spiro atoms. The number of nitrogens with zero attached hydrogens (tertiary/aromatic N) is 3. The standard InChI is InChI=1S/C13H21N5O6/c1-6(20)9(12(21)22)15-13(23)18-4-2-3-8(18)11-16-10(17-24-11)7(14)5-19/h6-9,19-20H,2-5,14H2,1H3,(H,15,23)(H,21,22)/t6?,7-,8-,9?/m0/s1. The Morgan fingerprint density at radius 3 is 2.83 bits per heavy atom. The van der Waals surface area contributed by atoms with Gasteiger partial charge >= 0.3 is 12.0 Å². The van der Waals surface area contributed by atoms with E-state index in [2.05, 4.69) is 15.5 Å². The van der Waals surface area contributed by atoms with E-state index in [0.717, 1.165) is 0 Å². The molecule has 24 heavy (non-hydrogen) atoms. The number of amides is 2. The number of aromatic nitrogens is 2. The molecule has 0 aromatic carbocycles. The Morgan fingerprint density at radius 2 is 2.25 bits per heavy atom. The highest BCUT2D eigenvalue weighted by Crippen LogP contribution is 2.31. The zero-order chi connectivity index (χ0) is 17.9. The Labute approximate surface area is 137 Å². The molecule has 2 unspecified atom stereocenters. The number of hydrogen-bond acceptors (Lipinski definition) is 8. The molecule has 1 aliphatic rings. The monoisotopic (exact) mass is 343 g/mol. The summed E-state index contributed by atoms with van der Waals surface area (Å²) in [5.41, 5.74) is 5.61. The lowest BCUT2D eigenvalue weighted by Crippen LogP contribution is -2.52. The van der Waals surface area contributed by atoms with Crippen molar-refractivity contribution in [1.29, 1.82) is 0 Å². The van der Waals surface area contributed by atoms with Crippen molar-refractivity contribution >= 4 is 12.0 Å². The topological polar surface area (TPSA) is 175 Å². The fourth-order valence-corrected chi connectivity index (χ4v) is 2.49. The minimum atomic E-state index is -1.42. The van der Waals surface area contributed by atoms with Gasteiger partial charge in [-0.15, -0.1) is 0 Å². The number of aliphatic carboxylic acids is 1. The highest BCUT2D eigenvalue weighted by atomic mass is 16.5. The van der Waals surface area contributed by atoms with E-state index < -0.39 is 36.2 Å². The van der Waals surface area contributed by atoms with E-state index in [1.807, 2.05) is 0 Å². The van der Waals surface area contributed by atoms with Crippen LogP contribution in [0, 0.1) is 0 Å². The molecule has 6 N–H and O–H groups in total. The number of nitrogens with two attached hydrogens (primary N) is 1. The van der Waals surface area contributed by atoms with Gasteiger partial charge in [0, 0.05) is 6.54 Å². The van der Waals surface area contributed by atoms with Crippen LogP contribution in [0.1, 0.15) is 43.6 Å². The second-order valence-corrected chi connectivity index (χ2v) is 5.64. The van der Waals surface area contributed by atoms with Crippen molar-refractivity contribution in [3.05, 3.63) is 11.7 Å². The second-order valence-electron chi connectivity index (χ2n) is 5.64. The molecule has 2 rings (SSSR count). The van der Waals surface area contributed by atoms with E-state index in [1.165, 1.54) is 11.8 Å². The number of carboxylic acid groups (broad SMARTS) is 1. The molecule has 1 fully saturated rings. The number of aliphatic hydroxyl groups is 2. The summed E-state index contributed by atoms with van der Waals surface area (Å²) in [6.45, 7) is 1.32. The molecule has 1 aromatic rings. The maximum atomic E-state index is 12.3. The highest BCUT2D eigenvalue weighted by Gasteiger charge is 2.36. The van der Waals surface area contributed by atoms with Gasteiger partial charge in [0.1, 0.15) is 6.04 Å². The molecule has 1 aliphatic heterocycles. The van der Waals surface area contributed by atoms with Crippen LogP contribution in [0.2, 0.25) is 0 Å². The van der Waals surface area contributed by atoms with Gasteiger partial charge in [-0.1, -0.05) is 5.16 Å². The third-order valence-corrected chi connectivity index (χ3v) is 3.81. The van der Waals surface area contributed by atoms with Crippen molar-refractivity contribution in [2.24, 2.45) is 5.73 Å². The van der Waals surface area contributed by atoms with Gasteiger partial charge in [0.2, 0.25) is 5.89 Å². The first-order valence-corrected chi connectivity index (χ1v) is 7.53. The predicted octanol–water partition coefficient (Wildman–Crippen LogP) is -1.26. The van der Waals surface area contributed by atoms with Gasteiger partial charge in [0.15, 0.2) is 11.9 Å². The SMILES string of the molecule is CC(O)C(NC(=O)N1CCC[C@H]1c1nc([C@@H](N)CO)no1)C(=O)O. The number of nitrogens with one attached hydrogen (secondary N) is 1. The lowest BCUT2D eigenvalue weighted by atomic mass is 10.2. The molecule has 11 heteroatoms. The van der Waals surface area contributed by atoms with Crippen LogP contribution in [0.15, 0.2) is 4.52 Å². The zero-order valence-corrected chi connectivity index (χ0v) is 13.1. The Hall–Kier alpha value is -2.24. The number of carbonyl (C=O) groups excluding carboxylic acids is 1. The fourth-order valence-electron chi connectivity index (χ4n) is 2.49. The van der Waals surface area contributed by atoms with Crippen LogP contribution < -0.4 is 11.1 Å². The minimum absolute atomic E-state index is 0.132. The first-order valence-electron chi connectivity index (χ1n) is 7.53. The molecule has 11 nitrogen and oxygen atoms in total. The summed E-state index contributed by atoms with van der Waals surface area (Å²) >= 11 is 0. The number of rotatable bonds is 6. The van der Waals surface area contributed by atoms with E-state index >= 15 is 0 Å². The molecule has 0 radical (unpaired) electrons. The normalized spacial score (nSPS) is 21.3. The maximum absolute atomic E-state index is 12.3. The van der Waals surface area contributed by atoms with E-state index in [9.17, 15) is 14.7 Å². The third kappa shape index (κ3) is 3.80. The summed E-state index contributed by atoms with van der Waals surface area (Å²) in [5.74, 6) is -1.03. The van der Waals surface area contributed by atoms with Crippen molar-refractivity contribution in [3.8, 4) is 0 Å². The minimum Gasteiger partial charge on any atom is -0.480 e. The average molecular weight is 343 g/mol. The summed E-state index contributed by atoms with van der Waals surface area (Å²) in [4.78, 5) is 28.9. The second kappa shape index (κ2) is 7.55. The van der Waals surface area contributed by atoms with Crippen molar-refractivity contribution in [2.75, 3.05) is 13.2 Å². The van der Waals surface area contributed by atoms with Crippen molar-refractivity contribution < 1.29 is 29.4 Å². The molecule has 0 saturated carbocycles. The number of hydrogen-bond donors (Lipinski definition) is 5. The molecule has 0 bridgehead atoms. The molecule has 4 atom stereocenters. The Morgan fingerprint density at radius 1 is 1.54 bits per heavy atom. The quantitative estimate of drug-likeness (QED) is 0.422. The van der Waals surface area contributed by atoms with Gasteiger partial charge in [0.05, 0.1) is 18.8 Å². The lowest BCUT2D eigenvalue weighted by Gasteiger charge is -2.25. The van der Waals surface area contributed by atoms with E-state index in [-0.39, 0.29) is 18.3 Å². The Kier molecular flexibility index (Phi) is 5.70. The largest absolute Gasteiger partial charge is 0.480 e. The van der Waals surface area contributed by atoms with Gasteiger partial charge in [-0.05, 0) is 19.8 Å². The van der Waals surface area contributed by atoms with Gasteiger partial charge in [-0.25, -0.2) is 9.59 Å². The lowest BCUT2D eigenvalue weighted by molar-refractivity contribution is -0.141. The van der Waals surface area contributed by atoms with E-state index in [0.29, 0.717) is 19.4 Å². The van der Waals surface area contributed by atoms with Crippen LogP contribution in [0.4, 0.5) is 4.79 Å². The Balaban J connectivity index is 2.11. The van der Waals surface area contributed by atoms with Gasteiger partial charge in [0.25, 0.3) is 0 Å². The Bertz CT molecular complexity index is 591. The number of likely N-dealkylation sites (tertiary alicyclic amines) is 1. The van der Waals surface area contributed by atoms with Crippen LogP contribution in [-0.2, 0) is 4.79 Å². The van der Waals surface area contributed by atoms with Crippen LogP contribution in [0.3, 0.4) is 0 Å². The first-order chi connectivity index (χ1) is 11.3. The van der Waals surface area contributed by atoms with E-state index in [1.54, 1.807) is 0 Å². The summed E-state index contributed by atoms with van der Waals surface area (Å²) in [7, 11) is 0. The third-order valence-electron chi connectivity index (χ3n) is 3.81. The fraction of sp³-hybridized carbons (Fsp3) is 0.692. The average Bonchev–Trinajstić information content (AvgIpc) is 3.19. The summed E-state index contributed by atoms with van der Waals surface area (Å²) < 4.78 is 5.11. The number of carboxylic acids is 1. The van der Waals surface area contributed by atoms with Crippen LogP contribution in [-0.4, -0.2) is 67.7 Å². The summed E-state index contributed by atoms with van der Waals surface area (Å²) in [5, 5.41) is 33.5. The molecule has 1 saturated heterocycles. The molecule has 2 heterocycles. The molecule has 2 amide bonds. The number of carbonyl (C=O) groups is 2. The van der Waals surface area contributed by atoms with Crippen molar-refractivity contribution in [1.82, 2.24) is 20.4 Å². The smallest absolute Gasteiger partial charge is 0.328 e. The molecule has 0 aliphatic carbocycles. The molecular weight excluding hydrogens is 322 g/mol. The van der Waals surface area contributed by atoms with Crippen LogP contribution >= 0.6 is 0 Å². The van der Waals surface area contributed by atoms with Crippen LogP contribution in [0.5, 0.6) is 0 Å².